The first-order valence-corrected chi connectivity index (χ1v) is 14.5. The molecule has 0 fully saturated rings. The van der Waals surface area contributed by atoms with Crippen molar-refractivity contribution in [1.82, 2.24) is 10.2 Å². The molecule has 0 spiro atoms. The van der Waals surface area contributed by atoms with Gasteiger partial charge in [-0.3, -0.25) is 13.9 Å². The zero-order valence-corrected chi connectivity index (χ0v) is 23.9. The third kappa shape index (κ3) is 9.14. The number of nitrogens with one attached hydrogen (secondary N) is 1. The van der Waals surface area contributed by atoms with Gasteiger partial charge < -0.3 is 10.2 Å². The van der Waals surface area contributed by atoms with Crippen LogP contribution in [0, 0.1) is 5.92 Å². The fourth-order valence-electron chi connectivity index (χ4n) is 3.50. The number of rotatable bonds is 12. The van der Waals surface area contributed by atoms with Crippen LogP contribution in [0.25, 0.3) is 0 Å². The van der Waals surface area contributed by atoms with Gasteiger partial charge in [0.2, 0.25) is 21.8 Å². The fourth-order valence-corrected chi connectivity index (χ4v) is 4.97. The van der Waals surface area contributed by atoms with E-state index in [1.54, 1.807) is 49.4 Å². The highest BCUT2D eigenvalue weighted by molar-refractivity contribution is 7.92. The first-order chi connectivity index (χ1) is 16.8. The van der Waals surface area contributed by atoms with Crippen LogP contribution >= 0.6 is 34.8 Å². The fraction of sp³-hybridized carbons (Fsp3) is 0.440. The summed E-state index contributed by atoms with van der Waals surface area (Å²) in [5.41, 5.74) is 1.14. The average Bonchev–Trinajstić information content (AvgIpc) is 2.79. The Hall–Kier alpha value is -2.00. The largest absolute Gasteiger partial charge is 0.354 e. The number of hydrogen-bond acceptors (Lipinski definition) is 4. The predicted molar refractivity (Wildman–Crippen MR) is 147 cm³/mol. The van der Waals surface area contributed by atoms with Gasteiger partial charge >= 0.3 is 0 Å². The highest BCUT2D eigenvalue weighted by Gasteiger charge is 2.27. The summed E-state index contributed by atoms with van der Waals surface area (Å²) in [5.74, 6) is -0.296. The molecule has 0 aromatic heterocycles. The van der Waals surface area contributed by atoms with E-state index >= 15 is 0 Å². The van der Waals surface area contributed by atoms with Crippen LogP contribution < -0.4 is 9.62 Å². The molecular formula is C25H32Cl3N3O4S. The summed E-state index contributed by atoms with van der Waals surface area (Å²) in [6, 6.07) is 10.8. The molecule has 0 radical (unpaired) electrons. The first-order valence-electron chi connectivity index (χ1n) is 11.5. The van der Waals surface area contributed by atoms with Gasteiger partial charge in [0.15, 0.2) is 0 Å². The lowest BCUT2D eigenvalue weighted by Crippen LogP contribution is -2.48. The minimum absolute atomic E-state index is 0.0374. The summed E-state index contributed by atoms with van der Waals surface area (Å²) in [6.45, 7) is 6.35. The van der Waals surface area contributed by atoms with Crippen LogP contribution in [0.3, 0.4) is 0 Å². The number of carbonyl (C=O) groups excluding carboxylic acids is 2. The summed E-state index contributed by atoms with van der Waals surface area (Å²) < 4.78 is 26.0. The van der Waals surface area contributed by atoms with E-state index in [4.69, 9.17) is 34.8 Å². The van der Waals surface area contributed by atoms with Gasteiger partial charge in [-0.15, -0.1) is 0 Å². The van der Waals surface area contributed by atoms with Crippen molar-refractivity contribution in [2.45, 2.75) is 46.2 Å². The van der Waals surface area contributed by atoms with Gasteiger partial charge in [-0.05, 0) is 55.2 Å². The number of nitrogens with zero attached hydrogens (tertiary/aromatic N) is 2. The number of hydrogen-bond donors (Lipinski definition) is 1. The van der Waals surface area contributed by atoms with E-state index in [0.29, 0.717) is 27.3 Å². The van der Waals surface area contributed by atoms with Crippen molar-refractivity contribution in [2.24, 2.45) is 5.92 Å². The molecule has 0 bridgehead atoms. The van der Waals surface area contributed by atoms with E-state index in [1.807, 2.05) is 13.8 Å². The third-order valence-corrected chi connectivity index (χ3v) is 7.61. The zero-order valence-electron chi connectivity index (χ0n) is 20.8. The van der Waals surface area contributed by atoms with Crippen LogP contribution in [0.15, 0.2) is 42.5 Å². The molecule has 2 rings (SSSR count). The second-order valence-corrected chi connectivity index (χ2v) is 12.2. The average molecular weight is 577 g/mol. The minimum atomic E-state index is -3.60. The Morgan fingerprint density at radius 2 is 1.69 bits per heavy atom. The maximum absolute atomic E-state index is 13.3. The lowest BCUT2D eigenvalue weighted by molar-refractivity contribution is -0.140. The SMILES string of the molecule is CC(C)CNC(=O)[C@H](C)N(Cc1ccc(Cl)c(Cl)c1)C(=O)CCCN(c1cccc(Cl)c1)S(C)(=O)=O. The summed E-state index contributed by atoms with van der Waals surface area (Å²) >= 11 is 18.2. The highest BCUT2D eigenvalue weighted by Crippen LogP contribution is 2.25. The second kappa shape index (κ2) is 13.5. The maximum Gasteiger partial charge on any atom is 0.242 e. The van der Waals surface area contributed by atoms with Crippen molar-refractivity contribution in [1.29, 1.82) is 0 Å². The van der Waals surface area contributed by atoms with Crippen LogP contribution in [0.1, 0.15) is 39.2 Å². The molecule has 198 valence electrons. The van der Waals surface area contributed by atoms with E-state index in [9.17, 15) is 18.0 Å². The molecule has 2 aromatic rings. The van der Waals surface area contributed by atoms with Gasteiger partial charge in [-0.1, -0.05) is 60.8 Å². The van der Waals surface area contributed by atoms with Gasteiger partial charge in [0.25, 0.3) is 0 Å². The number of sulfonamides is 1. The molecule has 11 heteroatoms. The van der Waals surface area contributed by atoms with E-state index in [0.717, 1.165) is 11.8 Å². The molecular weight excluding hydrogens is 545 g/mol. The smallest absolute Gasteiger partial charge is 0.242 e. The molecule has 0 saturated carbocycles. The van der Waals surface area contributed by atoms with E-state index in [-0.39, 0.29) is 43.7 Å². The van der Waals surface area contributed by atoms with Crippen LogP contribution in [0.2, 0.25) is 15.1 Å². The lowest BCUT2D eigenvalue weighted by Gasteiger charge is -2.30. The van der Waals surface area contributed by atoms with Crippen LogP contribution in [0.5, 0.6) is 0 Å². The Bertz CT molecular complexity index is 1170. The molecule has 0 aliphatic heterocycles. The summed E-state index contributed by atoms with van der Waals surface area (Å²) in [5, 5.41) is 4.02. The molecule has 2 amide bonds. The molecule has 36 heavy (non-hydrogen) atoms. The Balaban J connectivity index is 2.19. The summed E-state index contributed by atoms with van der Waals surface area (Å²) in [6.07, 6.45) is 1.39. The van der Waals surface area contributed by atoms with Crippen molar-refractivity contribution in [3.8, 4) is 0 Å². The third-order valence-electron chi connectivity index (χ3n) is 5.44. The Kier molecular flexibility index (Phi) is 11.3. The molecule has 2 aromatic carbocycles. The number of benzene rings is 2. The number of carbonyl (C=O) groups is 2. The number of anilines is 1. The van der Waals surface area contributed by atoms with Crippen LogP contribution in [-0.2, 0) is 26.2 Å². The van der Waals surface area contributed by atoms with Crippen molar-refractivity contribution < 1.29 is 18.0 Å². The maximum atomic E-state index is 13.3. The Morgan fingerprint density at radius 3 is 2.28 bits per heavy atom. The Morgan fingerprint density at radius 1 is 1.00 bits per heavy atom. The normalized spacial score (nSPS) is 12.3. The van der Waals surface area contributed by atoms with Crippen molar-refractivity contribution in [3.63, 3.8) is 0 Å². The van der Waals surface area contributed by atoms with Crippen molar-refractivity contribution in [3.05, 3.63) is 63.1 Å². The van der Waals surface area contributed by atoms with Gasteiger partial charge in [0, 0.05) is 31.1 Å². The summed E-state index contributed by atoms with van der Waals surface area (Å²) in [4.78, 5) is 27.6. The molecule has 0 unspecified atom stereocenters. The highest BCUT2D eigenvalue weighted by atomic mass is 35.5. The lowest BCUT2D eigenvalue weighted by atomic mass is 10.1. The summed E-state index contributed by atoms with van der Waals surface area (Å²) in [7, 11) is -3.60. The van der Waals surface area contributed by atoms with Crippen molar-refractivity contribution >= 4 is 62.3 Å². The molecule has 0 aliphatic carbocycles. The molecule has 1 N–H and O–H groups in total. The van der Waals surface area contributed by atoms with E-state index in [1.165, 1.54) is 9.21 Å². The minimum Gasteiger partial charge on any atom is -0.354 e. The molecule has 7 nitrogen and oxygen atoms in total. The van der Waals surface area contributed by atoms with Gasteiger partial charge in [-0.2, -0.15) is 0 Å². The van der Waals surface area contributed by atoms with Crippen LogP contribution in [-0.4, -0.2) is 50.5 Å². The predicted octanol–water partition coefficient (Wildman–Crippen LogP) is 5.38. The molecule has 0 saturated heterocycles. The zero-order chi connectivity index (χ0) is 27.0. The first kappa shape index (κ1) is 30.2. The molecule has 0 aliphatic rings. The monoisotopic (exact) mass is 575 g/mol. The van der Waals surface area contributed by atoms with Crippen LogP contribution in [0.4, 0.5) is 5.69 Å². The molecule has 0 heterocycles. The number of halogens is 3. The Labute approximate surface area is 228 Å². The van der Waals surface area contributed by atoms with E-state index < -0.39 is 16.1 Å². The quantitative estimate of drug-likeness (QED) is 0.367. The van der Waals surface area contributed by atoms with E-state index in [2.05, 4.69) is 5.32 Å². The molecule has 1 atom stereocenters. The number of amides is 2. The van der Waals surface area contributed by atoms with Gasteiger partial charge in [-0.25, -0.2) is 8.42 Å². The van der Waals surface area contributed by atoms with Gasteiger partial charge in [0.05, 0.1) is 22.0 Å². The van der Waals surface area contributed by atoms with Gasteiger partial charge in [0.1, 0.15) is 6.04 Å². The van der Waals surface area contributed by atoms with Crippen molar-refractivity contribution in [2.75, 3.05) is 23.7 Å². The standard InChI is InChI=1S/C25H32Cl3N3O4S/c1-17(2)15-29-25(33)18(3)30(16-19-10-11-22(27)23(28)13-19)24(32)9-6-12-31(36(4,34)35)21-8-5-7-20(26)14-21/h5,7-8,10-11,13-14,17-18H,6,9,12,15-16H2,1-4H3,(H,29,33)/t18-/m0/s1. The second-order valence-electron chi connectivity index (χ2n) is 9.00. The topological polar surface area (TPSA) is 86.8 Å².